The summed E-state index contributed by atoms with van der Waals surface area (Å²) in [5.41, 5.74) is 1.82. The topological polar surface area (TPSA) is 96.0 Å². The molecule has 0 bridgehead atoms. The number of anilines is 1. The summed E-state index contributed by atoms with van der Waals surface area (Å²) in [4.78, 5) is 29.1. The van der Waals surface area contributed by atoms with Crippen LogP contribution < -0.4 is 14.4 Å². The van der Waals surface area contributed by atoms with Gasteiger partial charge in [0, 0.05) is 12.6 Å². The van der Waals surface area contributed by atoms with Crippen molar-refractivity contribution in [3.05, 3.63) is 87.9 Å². The maximum Gasteiger partial charge on any atom is 0.264 e. The minimum absolute atomic E-state index is 0.0177. The first-order valence-corrected chi connectivity index (χ1v) is 16.5. The summed E-state index contributed by atoms with van der Waals surface area (Å²) in [6.45, 7) is 9.29. The van der Waals surface area contributed by atoms with Gasteiger partial charge in [0.1, 0.15) is 18.3 Å². The van der Waals surface area contributed by atoms with Crippen molar-refractivity contribution < 1.29 is 22.7 Å². The molecule has 0 saturated carbocycles. The van der Waals surface area contributed by atoms with Crippen LogP contribution in [0.25, 0.3) is 0 Å². The minimum atomic E-state index is -4.18. The van der Waals surface area contributed by atoms with E-state index in [-0.39, 0.29) is 29.1 Å². The Morgan fingerprint density at radius 3 is 2.12 bits per heavy atom. The molecule has 0 aliphatic heterocycles. The van der Waals surface area contributed by atoms with Crippen molar-refractivity contribution in [3.8, 4) is 5.75 Å². The number of aryl methyl sites for hydroxylation is 1. The van der Waals surface area contributed by atoms with E-state index in [1.807, 2.05) is 34.6 Å². The molecule has 11 heteroatoms. The van der Waals surface area contributed by atoms with Crippen molar-refractivity contribution in [2.45, 2.75) is 71.0 Å². The Labute approximate surface area is 265 Å². The lowest BCUT2D eigenvalue weighted by Gasteiger charge is -2.33. The minimum Gasteiger partial charge on any atom is -0.494 e. The van der Waals surface area contributed by atoms with Gasteiger partial charge in [0.15, 0.2) is 0 Å². The Morgan fingerprint density at radius 1 is 0.907 bits per heavy atom. The summed E-state index contributed by atoms with van der Waals surface area (Å²) in [6, 6.07) is 16.9. The van der Waals surface area contributed by atoms with Gasteiger partial charge in [0.2, 0.25) is 11.8 Å². The first-order valence-electron chi connectivity index (χ1n) is 14.3. The highest BCUT2D eigenvalue weighted by molar-refractivity contribution is 7.92. The monoisotopic (exact) mass is 647 g/mol. The van der Waals surface area contributed by atoms with Crippen molar-refractivity contribution in [2.75, 3.05) is 17.5 Å². The Kier molecular flexibility index (Phi) is 12.3. The van der Waals surface area contributed by atoms with Crippen LogP contribution in [-0.4, -0.2) is 50.4 Å². The van der Waals surface area contributed by atoms with Crippen LogP contribution in [0.4, 0.5) is 5.69 Å². The number of carbonyl (C=O) groups excluding carboxylic acids is 2. The van der Waals surface area contributed by atoms with Crippen molar-refractivity contribution in [3.63, 3.8) is 0 Å². The number of hydrogen-bond acceptors (Lipinski definition) is 5. The van der Waals surface area contributed by atoms with Crippen LogP contribution in [0.5, 0.6) is 5.75 Å². The number of halogens is 2. The van der Waals surface area contributed by atoms with E-state index in [2.05, 4.69) is 5.32 Å². The Hall–Kier alpha value is -3.27. The highest BCUT2D eigenvalue weighted by atomic mass is 35.5. The average Bonchev–Trinajstić information content (AvgIpc) is 2.98. The number of nitrogens with zero attached hydrogens (tertiary/aromatic N) is 2. The lowest BCUT2D eigenvalue weighted by atomic mass is 10.1. The van der Waals surface area contributed by atoms with Gasteiger partial charge in [-0.15, -0.1) is 0 Å². The molecule has 3 aromatic rings. The van der Waals surface area contributed by atoms with E-state index < -0.39 is 28.5 Å². The quantitative estimate of drug-likeness (QED) is 0.212. The molecular weight excluding hydrogens is 609 g/mol. The molecule has 2 atom stereocenters. The molecular formula is C32H39Cl2N3O5S. The Morgan fingerprint density at radius 2 is 1.56 bits per heavy atom. The van der Waals surface area contributed by atoms with E-state index in [4.69, 9.17) is 27.9 Å². The number of hydrogen-bond donors (Lipinski definition) is 1. The van der Waals surface area contributed by atoms with Crippen molar-refractivity contribution in [1.82, 2.24) is 10.2 Å². The standard InChI is InChI=1S/C32H39Cl2N3O5S/c1-6-23(5)35-32(39)30(7-2)36(20-24-11-18-28(33)29(34)19-24)31(38)21-37(25-12-14-26(15-13-25)42-8-3)43(40,41)27-16-9-22(4)10-17-27/h9-19,23,30H,6-8,20-21H2,1-5H3,(H,35,39)/t23-,30+/m1/s1. The van der Waals surface area contributed by atoms with Crippen LogP contribution in [0.15, 0.2) is 71.6 Å². The molecule has 0 heterocycles. The second-order valence-corrected chi connectivity index (χ2v) is 12.9. The SMILES string of the molecule is CCOc1ccc(N(CC(=O)N(Cc2ccc(Cl)c(Cl)c2)[C@@H](CC)C(=O)N[C@H](C)CC)S(=O)(=O)c2ccc(C)cc2)cc1. The summed E-state index contributed by atoms with van der Waals surface area (Å²) in [5, 5.41) is 3.63. The summed E-state index contributed by atoms with van der Waals surface area (Å²) >= 11 is 12.4. The largest absolute Gasteiger partial charge is 0.494 e. The fourth-order valence-electron chi connectivity index (χ4n) is 4.44. The first kappa shape index (κ1) is 34.2. The fraction of sp³-hybridized carbons (Fsp3) is 0.375. The third-order valence-corrected chi connectivity index (χ3v) is 9.57. The number of carbonyl (C=O) groups is 2. The third-order valence-electron chi connectivity index (χ3n) is 7.05. The molecule has 43 heavy (non-hydrogen) atoms. The van der Waals surface area contributed by atoms with Crippen molar-refractivity contribution >= 4 is 50.7 Å². The molecule has 1 N–H and O–H groups in total. The second kappa shape index (κ2) is 15.5. The van der Waals surface area contributed by atoms with Crippen molar-refractivity contribution in [1.29, 1.82) is 0 Å². The smallest absolute Gasteiger partial charge is 0.264 e. The lowest BCUT2D eigenvalue weighted by molar-refractivity contribution is -0.140. The molecule has 0 fully saturated rings. The molecule has 3 aromatic carbocycles. The van der Waals surface area contributed by atoms with Gasteiger partial charge in [-0.1, -0.05) is 60.8 Å². The highest BCUT2D eigenvalue weighted by Crippen LogP contribution is 2.28. The summed E-state index contributed by atoms with van der Waals surface area (Å²) in [7, 11) is -4.18. The highest BCUT2D eigenvalue weighted by Gasteiger charge is 2.34. The molecule has 232 valence electrons. The average molecular weight is 649 g/mol. The molecule has 2 amide bonds. The van der Waals surface area contributed by atoms with E-state index in [0.29, 0.717) is 40.8 Å². The summed E-state index contributed by atoms with van der Waals surface area (Å²) in [6.07, 6.45) is 1.02. The summed E-state index contributed by atoms with van der Waals surface area (Å²) in [5.74, 6) is -0.305. The van der Waals surface area contributed by atoms with Crippen LogP contribution in [0.3, 0.4) is 0 Å². The van der Waals surface area contributed by atoms with Crippen LogP contribution in [0.1, 0.15) is 51.7 Å². The normalized spacial score (nSPS) is 12.7. The molecule has 0 aliphatic carbocycles. The number of ether oxygens (including phenoxy) is 1. The molecule has 0 unspecified atom stereocenters. The van der Waals surface area contributed by atoms with Gasteiger partial charge in [0.05, 0.1) is 27.2 Å². The molecule has 0 spiro atoms. The van der Waals surface area contributed by atoms with Crippen LogP contribution in [-0.2, 0) is 26.2 Å². The Bertz CT molecular complexity index is 1500. The number of benzene rings is 3. The maximum atomic E-state index is 14.2. The Balaban J connectivity index is 2.08. The molecule has 0 saturated heterocycles. The molecule has 0 aromatic heterocycles. The molecule has 0 aliphatic rings. The number of rotatable bonds is 14. The predicted molar refractivity (Wildman–Crippen MR) is 172 cm³/mol. The van der Waals surface area contributed by atoms with Crippen LogP contribution >= 0.6 is 23.2 Å². The van der Waals surface area contributed by atoms with E-state index in [0.717, 1.165) is 9.87 Å². The van der Waals surface area contributed by atoms with Gasteiger partial charge < -0.3 is 15.0 Å². The third kappa shape index (κ3) is 8.87. The van der Waals surface area contributed by atoms with Crippen molar-refractivity contribution in [2.24, 2.45) is 0 Å². The van der Waals surface area contributed by atoms with Gasteiger partial charge >= 0.3 is 0 Å². The molecule has 0 radical (unpaired) electrons. The van der Waals surface area contributed by atoms with Gasteiger partial charge in [-0.05, 0) is 87.7 Å². The van der Waals surface area contributed by atoms with E-state index in [1.165, 1.54) is 17.0 Å². The first-order chi connectivity index (χ1) is 20.4. The van der Waals surface area contributed by atoms with E-state index >= 15 is 0 Å². The van der Waals surface area contributed by atoms with E-state index in [9.17, 15) is 18.0 Å². The zero-order chi connectivity index (χ0) is 31.7. The number of amides is 2. The summed E-state index contributed by atoms with van der Waals surface area (Å²) < 4.78 is 34.6. The maximum absolute atomic E-state index is 14.2. The number of sulfonamides is 1. The van der Waals surface area contributed by atoms with Gasteiger partial charge in [-0.25, -0.2) is 8.42 Å². The van der Waals surface area contributed by atoms with Gasteiger partial charge in [0.25, 0.3) is 10.0 Å². The van der Waals surface area contributed by atoms with Gasteiger partial charge in [-0.2, -0.15) is 0 Å². The fourth-order valence-corrected chi connectivity index (χ4v) is 6.17. The zero-order valence-electron chi connectivity index (χ0n) is 25.1. The molecule has 8 nitrogen and oxygen atoms in total. The number of nitrogens with one attached hydrogen (secondary N) is 1. The second-order valence-electron chi connectivity index (χ2n) is 10.3. The lowest BCUT2D eigenvalue weighted by Crippen LogP contribution is -2.53. The van der Waals surface area contributed by atoms with Crippen LogP contribution in [0, 0.1) is 6.92 Å². The van der Waals surface area contributed by atoms with Crippen LogP contribution in [0.2, 0.25) is 10.0 Å². The molecule has 3 rings (SSSR count). The zero-order valence-corrected chi connectivity index (χ0v) is 27.5. The van der Waals surface area contributed by atoms with E-state index in [1.54, 1.807) is 54.6 Å². The predicted octanol–water partition coefficient (Wildman–Crippen LogP) is 6.62. The van der Waals surface area contributed by atoms with Gasteiger partial charge in [-0.3, -0.25) is 13.9 Å².